The monoisotopic (exact) mass is 265 g/mol. The van der Waals surface area contributed by atoms with Crippen molar-refractivity contribution >= 4 is 11.9 Å². The summed E-state index contributed by atoms with van der Waals surface area (Å²) in [5.41, 5.74) is 0. The third-order valence-corrected chi connectivity index (χ3v) is 3.36. The molecule has 0 aromatic rings. The van der Waals surface area contributed by atoms with Crippen molar-refractivity contribution in [3.63, 3.8) is 0 Å². The molecule has 0 aliphatic carbocycles. The number of nitrogens with zero attached hydrogens (tertiary/aromatic N) is 1. The number of amides is 1. The van der Waals surface area contributed by atoms with Gasteiger partial charge in [0.1, 0.15) is 0 Å². The first-order valence-corrected chi connectivity index (χ1v) is 7.07. The summed E-state index contributed by atoms with van der Waals surface area (Å²) in [5.74, 6) is 2.38. The highest BCUT2D eigenvalue weighted by Crippen LogP contribution is 2.19. The zero-order valence-corrected chi connectivity index (χ0v) is 11.7. The molecule has 0 saturated carbocycles. The van der Waals surface area contributed by atoms with Crippen molar-refractivity contribution in [3.8, 4) is 12.3 Å². The molecule has 1 rings (SSSR count). The van der Waals surface area contributed by atoms with Crippen molar-refractivity contribution in [2.75, 3.05) is 19.7 Å². The highest BCUT2D eigenvalue weighted by Gasteiger charge is 2.28. The minimum atomic E-state index is -0.174. The van der Waals surface area contributed by atoms with E-state index in [0.29, 0.717) is 19.6 Å². The lowest BCUT2D eigenvalue weighted by Gasteiger charge is -2.31. The van der Waals surface area contributed by atoms with Crippen LogP contribution in [0.15, 0.2) is 0 Å². The Labute approximate surface area is 115 Å². The number of rotatable bonds is 6. The summed E-state index contributed by atoms with van der Waals surface area (Å²) in [6, 6.07) is 0. The first-order valence-electron chi connectivity index (χ1n) is 7.07. The Hall–Kier alpha value is -1.50. The number of esters is 1. The molecule has 1 aliphatic rings. The topological polar surface area (TPSA) is 46.6 Å². The van der Waals surface area contributed by atoms with Crippen LogP contribution >= 0.6 is 0 Å². The number of ether oxygens (including phenoxy) is 1. The zero-order chi connectivity index (χ0) is 14.1. The molecule has 1 heterocycles. The Balaban J connectivity index is 2.35. The third kappa shape index (κ3) is 5.34. The predicted molar refractivity (Wildman–Crippen MR) is 73.2 cm³/mol. The molecule has 4 nitrogen and oxygen atoms in total. The normalized spacial score (nSPS) is 18.7. The van der Waals surface area contributed by atoms with Crippen LogP contribution in [0.3, 0.4) is 0 Å². The molecule has 4 heteroatoms. The SMILES string of the molecule is C#CCCCCC(=O)N1CCCC(C(=O)OCC)C1. The summed E-state index contributed by atoms with van der Waals surface area (Å²) in [5, 5.41) is 0. The number of piperidine rings is 1. The fraction of sp³-hybridized carbons (Fsp3) is 0.733. The van der Waals surface area contributed by atoms with E-state index in [1.165, 1.54) is 0 Å². The molecule has 1 saturated heterocycles. The second-order valence-corrected chi connectivity index (χ2v) is 4.84. The van der Waals surface area contributed by atoms with Gasteiger partial charge >= 0.3 is 5.97 Å². The van der Waals surface area contributed by atoms with E-state index in [-0.39, 0.29) is 17.8 Å². The largest absolute Gasteiger partial charge is 0.466 e. The van der Waals surface area contributed by atoms with E-state index >= 15 is 0 Å². The summed E-state index contributed by atoms with van der Waals surface area (Å²) in [6.45, 7) is 3.46. The van der Waals surface area contributed by atoms with Crippen LogP contribution < -0.4 is 0 Å². The van der Waals surface area contributed by atoms with Gasteiger partial charge < -0.3 is 9.64 Å². The number of terminal acetylenes is 1. The third-order valence-electron chi connectivity index (χ3n) is 3.36. The van der Waals surface area contributed by atoms with Crippen LogP contribution in [0, 0.1) is 18.3 Å². The molecule has 0 N–H and O–H groups in total. The van der Waals surface area contributed by atoms with Gasteiger partial charge in [-0.05, 0) is 32.6 Å². The van der Waals surface area contributed by atoms with Gasteiger partial charge in [0.15, 0.2) is 0 Å². The predicted octanol–water partition coefficient (Wildman–Crippen LogP) is 1.98. The number of likely N-dealkylation sites (tertiary alicyclic amines) is 1. The highest BCUT2D eigenvalue weighted by molar-refractivity contribution is 5.78. The fourth-order valence-electron chi connectivity index (χ4n) is 2.32. The van der Waals surface area contributed by atoms with E-state index in [1.54, 1.807) is 11.8 Å². The van der Waals surface area contributed by atoms with E-state index < -0.39 is 0 Å². The Morgan fingerprint density at radius 1 is 1.42 bits per heavy atom. The van der Waals surface area contributed by atoms with Crippen molar-refractivity contribution in [3.05, 3.63) is 0 Å². The smallest absolute Gasteiger partial charge is 0.310 e. The Morgan fingerprint density at radius 2 is 2.21 bits per heavy atom. The van der Waals surface area contributed by atoms with Gasteiger partial charge in [0.2, 0.25) is 5.91 Å². The summed E-state index contributed by atoms with van der Waals surface area (Å²) in [4.78, 5) is 25.5. The van der Waals surface area contributed by atoms with Crippen LogP contribution in [-0.2, 0) is 14.3 Å². The van der Waals surface area contributed by atoms with Crippen molar-refractivity contribution in [1.29, 1.82) is 0 Å². The van der Waals surface area contributed by atoms with Crippen molar-refractivity contribution < 1.29 is 14.3 Å². The van der Waals surface area contributed by atoms with E-state index in [4.69, 9.17) is 11.2 Å². The molecule has 1 unspecified atom stereocenters. The molecule has 0 radical (unpaired) electrons. The van der Waals surface area contributed by atoms with Gasteiger partial charge in [-0.1, -0.05) is 0 Å². The van der Waals surface area contributed by atoms with Crippen LogP contribution in [0.4, 0.5) is 0 Å². The van der Waals surface area contributed by atoms with Crippen LogP contribution in [0.25, 0.3) is 0 Å². The Bertz CT molecular complexity index is 346. The zero-order valence-electron chi connectivity index (χ0n) is 11.7. The van der Waals surface area contributed by atoms with Crippen LogP contribution in [-0.4, -0.2) is 36.5 Å². The second kappa shape index (κ2) is 8.58. The van der Waals surface area contributed by atoms with Gasteiger partial charge in [-0.3, -0.25) is 9.59 Å². The number of hydrogen-bond donors (Lipinski definition) is 0. The van der Waals surface area contributed by atoms with Crippen molar-refractivity contribution in [2.45, 2.75) is 45.4 Å². The molecule has 1 amide bonds. The van der Waals surface area contributed by atoms with Gasteiger partial charge in [-0.15, -0.1) is 12.3 Å². The second-order valence-electron chi connectivity index (χ2n) is 4.84. The van der Waals surface area contributed by atoms with E-state index in [9.17, 15) is 9.59 Å². The number of carbonyl (C=O) groups is 2. The standard InChI is InChI=1S/C15H23NO3/c1-3-5-6-7-10-14(17)16-11-8-9-13(12-16)15(18)19-4-2/h1,13H,4-12H2,2H3. The average Bonchev–Trinajstić information content (AvgIpc) is 2.44. The Kier molecular flexibility index (Phi) is 7.02. The molecule has 1 fully saturated rings. The summed E-state index contributed by atoms with van der Waals surface area (Å²) < 4.78 is 5.02. The Morgan fingerprint density at radius 3 is 2.89 bits per heavy atom. The molecular weight excluding hydrogens is 242 g/mol. The van der Waals surface area contributed by atoms with E-state index in [1.807, 2.05) is 0 Å². The van der Waals surface area contributed by atoms with Gasteiger partial charge in [-0.25, -0.2) is 0 Å². The highest BCUT2D eigenvalue weighted by atomic mass is 16.5. The lowest BCUT2D eigenvalue weighted by molar-refractivity contribution is -0.151. The van der Waals surface area contributed by atoms with Gasteiger partial charge in [-0.2, -0.15) is 0 Å². The molecule has 1 aliphatic heterocycles. The molecule has 0 bridgehead atoms. The number of hydrogen-bond acceptors (Lipinski definition) is 3. The lowest BCUT2D eigenvalue weighted by Crippen LogP contribution is -2.42. The average molecular weight is 265 g/mol. The van der Waals surface area contributed by atoms with Crippen LogP contribution in [0.1, 0.15) is 45.4 Å². The van der Waals surface area contributed by atoms with Crippen molar-refractivity contribution in [2.24, 2.45) is 5.92 Å². The van der Waals surface area contributed by atoms with Crippen LogP contribution in [0.2, 0.25) is 0 Å². The summed E-state index contributed by atoms with van der Waals surface area (Å²) in [6.07, 6.45) is 9.82. The molecule has 0 spiro atoms. The van der Waals surface area contributed by atoms with Gasteiger partial charge in [0.25, 0.3) is 0 Å². The molecule has 106 valence electrons. The maximum absolute atomic E-state index is 12.0. The molecular formula is C15H23NO3. The maximum atomic E-state index is 12.0. The van der Waals surface area contributed by atoms with Gasteiger partial charge in [0, 0.05) is 25.9 Å². The summed E-state index contributed by atoms with van der Waals surface area (Å²) in [7, 11) is 0. The van der Waals surface area contributed by atoms with Crippen molar-refractivity contribution in [1.82, 2.24) is 4.90 Å². The number of unbranched alkanes of at least 4 members (excludes halogenated alkanes) is 2. The minimum Gasteiger partial charge on any atom is -0.466 e. The van der Waals surface area contributed by atoms with Gasteiger partial charge in [0.05, 0.1) is 12.5 Å². The minimum absolute atomic E-state index is 0.131. The van der Waals surface area contributed by atoms with E-state index in [0.717, 1.165) is 38.6 Å². The molecule has 0 aromatic carbocycles. The van der Waals surface area contributed by atoms with E-state index in [2.05, 4.69) is 5.92 Å². The first kappa shape index (κ1) is 15.6. The quantitative estimate of drug-likeness (QED) is 0.419. The summed E-state index contributed by atoms with van der Waals surface area (Å²) >= 11 is 0. The fourth-order valence-corrected chi connectivity index (χ4v) is 2.32. The molecule has 1 atom stereocenters. The molecule has 19 heavy (non-hydrogen) atoms. The number of carbonyl (C=O) groups excluding carboxylic acids is 2. The first-order chi connectivity index (χ1) is 9.19. The van der Waals surface area contributed by atoms with Crippen LogP contribution in [0.5, 0.6) is 0 Å². The lowest BCUT2D eigenvalue weighted by atomic mass is 9.97. The maximum Gasteiger partial charge on any atom is 0.310 e. The molecule has 0 aromatic heterocycles.